The Kier molecular flexibility index (Phi) is 8.28. The highest BCUT2D eigenvalue weighted by atomic mass is 35.5. The van der Waals surface area contributed by atoms with E-state index in [1.165, 1.54) is 12.7 Å². The molecule has 1 aliphatic rings. The highest BCUT2D eigenvalue weighted by Crippen LogP contribution is 2.42. The average molecular weight is 652 g/mol. The number of carbonyl (C=O) groups excluding carboxylic acids is 1. The Morgan fingerprint density at radius 2 is 1.74 bits per heavy atom. The molecule has 4 heterocycles. The Bertz CT molecular complexity index is 2160. The average Bonchev–Trinajstić information content (AvgIpc) is 3.66. The van der Waals surface area contributed by atoms with Crippen LogP contribution in [0.25, 0.3) is 32.8 Å². The summed E-state index contributed by atoms with van der Waals surface area (Å²) in [5.41, 5.74) is 8.89. The van der Waals surface area contributed by atoms with Crippen LogP contribution in [-0.2, 0) is 63.1 Å². The largest absolute Gasteiger partial charge is 0.493 e. The Morgan fingerprint density at radius 1 is 0.915 bits per heavy atom. The zero-order chi connectivity index (χ0) is 32.8. The van der Waals surface area contributed by atoms with Gasteiger partial charge in [-0.25, -0.2) is 4.79 Å². The molecule has 242 valence electrons. The van der Waals surface area contributed by atoms with Crippen LogP contribution in [0.15, 0.2) is 54.6 Å². The molecule has 0 N–H and O–H groups in total. The predicted molar refractivity (Wildman–Crippen MR) is 183 cm³/mol. The first-order chi connectivity index (χ1) is 22.7. The van der Waals surface area contributed by atoms with Gasteiger partial charge in [0.05, 0.1) is 48.9 Å². The molecule has 7 rings (SSSR count). The van der Waals surface area contributed by atoms with Crippen LogP contribution in [0.2, 0.25) is 5.02 Å². The Hall–Kier alpha value is -4.60. The van der Waals surface area contributed by atoms with Gasteiger partial charge in [-0.3, -0.25) is 9.36 Å². The lowest BCUT2D eigenvalue weighted by molar-refractivity contribution is 0.0589. The molecule has 47 heavy (non-hydrogen) atoms. The smallest absolute Gasteiger partial charge is 0.354 e. The zero-order valence-electron chi connectivity index (χ0n) is 27.4. The first kappa shape index (κ1) is 31.0. The van der Waals surface area contributed by atoms with E-state index < -0.39 is 5.97 Å². The van der Waals surface area contributed by atoms with Crippen molar-refractivity contribution in [3.63, 3.8) is 0 Å². The van der Waals surface area contributed by atoms with Gasteiger partial charge < -0.3 is 18.8 Å². The molecule has 0 atom stereocenters. The monoisotopic (exact) mass is 651 g/mol. The highest BCUT2D eigenvalue weighted by molar-refractivity contribution is 6.35. The number of ether oxygens (including phenoxy) is 3. The second-order valence-corrected chi connectivity index (χ2v) is 12.6. The maximum absolute atomic E-state index is 13.3. The molecule has 10 heteroatoms. The molecule has 3 aromatic heterocycles. The van der Waals surface area contributed by atoms with E-state index in [9.17, 15) is 4.79 Å². The third-order valence-electron chi connectivity index (χ3n) is 9.34. The van der Waals surface area contributed by atoms with Crippen LogP contribution in [0.1, 0.15) is 50.8 Å². The van der Waals surface area contributed by atoms with E-state index >= 15 is 0 Å². The normalized spacial score (nSPS) is 14.2. The van der Waals surface area contributed by atoms with Gasteiger partial charge in [-0.2, -0.15) is 10.2 Å². The first-order valence-electron chi connectivity index (χ1n) is 15.9. The number of methoxy groups -OCH3 is 1. The van der Waals surface area contributed by atoms with Crippen LogP contribution in [0.3, 0.4) is 0 Å². The van der Waals surface area contributed by atoms with Crippen molar-refractivity contribution in [3.05, 3.63) is 99.2 Å². The minimum Gasteiger partial charge on any atom is -0.493 e. The summed E-state index contributed by atoms with van der Waals surface area (Å²) in [5, 5.41) is 13.3. The summed E-state index contributed by atoms with van der Waals surface area (Å²) in [6.07, 6.45) is 2.99. The third-order valence-corrected chi connectivity index (χ3v) is 9.66. The van der Waals surface area contributed by atoms with Crippen LogP contribution in [0, 0.1) is 6.92 Å². The number of aromatic nitrogens is 5. The lowest BCUT2D eigenvalue weighted by Crippen LogP contribution is -2.11. The minimum atomic E-state index is -0.393. The predicted octanol–water partition coefficient (Wildman–Crippen LogP) is 7.04. The highest BCUT2D eigenvalue weighted by Gasteiger charge is 2.28. The molecular formula is C37H38ClN5O4. The Labute approximate surface area is 278 Å². The molecule has 6 aromatic rings. The number of rotatable bonds is 1. The SMILES string of the molecule is COC(=O)c1c2c3ccc(Cl)c(c3n1C)-c1c(nn(C)c1C)COCc1cc(n(C)n1)CCc1cc(c3ccccc3c1)OCCC2. The van der Waals surface area contributed by atoms with Gasteiger partial charge in [-0.05, 0) is 67.3 Å². The van der Waals surface area contributed by atoms with Gasteiger partial charge in [0.25, 0.3) is 0 Å². The van der Waals surface area contributed by atoms with Gasteiger partial charge in [0, 0.05) is 54.4 Å². The number of esters is 1. The lowest BCUT2D eigenvalue weighted by Gasteiger charge is -2.13. The molecule has 9 nitrogen and oxygen atoms in total. The molecule has 8 bridgehead atoms. The van der Waals surface area contributed by atoms with E-state index in [0.717, 1.165) is 79.7 Å². The summed E-state index contributed by atoms with van der Waals surface area (Å²) in [5.74, 6) is 0.471. The van der Waals surface area contributed by atoms with Crippen LogP contribution >= 0.6 is 11.6 Å². The second-order valence-electron chi connectivity index (χ2n) is 12.2. The summed E-state index contributed by atoms with van der Waals surface area (Å²) in [6.45, 7) is 3.12. The second kappa shape index (κ2) is 12.5. The van der Waals surface area contributed by atoms with Gasteiger partial charge in [0.1, 0.15) is 11.4 Å². The summed E-state index contributed by atoms with van der Waals surface area (Å²) in [7, 11) is 7.20. The summed E-state index contributed by atoms with van der Waals surface area (Å²) < 4.78 is 23.7. The molecule has 0 spiro atoms. The van der Waals surface area contributed by atoms with Crippen molar-refractivity contribution in [2.75, 3.05) is 13.7 Å². The fourth-order valence-electron chi connectivity index (χ4n) is 6.98. The Balaban J connectivity index is 1.37. The van der Waals surface area contributed by atoms with Crippen molar-refractivity contribution in [2.24, 2.45) is 21.1 Å². The van der Waals surface area contributed by atoms with Gasteiger partial charge in [-0.15, -0.1) is 0 Å². The number of aryl methyl sites for hydroxylation is 6. The summed E-state index contributed by atoms with van der Waals surface area (Å²) in [4.78, 5) is 13.3. The van der Waals surface area contributed by atoms with Gasteiger partial charge in [-0.1, -0.05) is 48.0 Å². The molecule has 0 fully saturated rings. The zero-order valence-corrected chi connectivity index (χ0v) is 28.1. The molecule has 0 radical (unpaired) electrons. The van der Waals surface area contributed by atoms with Crippen LogP contribution in [0.4, 0.5) is 0 Å². The van der Waals surface area contributed by atoms with Crippen molar-refractivity contribution in [1.82, 2.24) is 24.1 Å². The van der Waals surface area contributed by atoms with Crippen LogP contribution < -0.4 is 4.74 Å². The molecular weight excluding hydrogens is 614 g/mol. The first-order valence-corrected chi connectivity index (χ1v) is 16.3. The fourth-order valence-corrected chi connectivity index (χ4v) is 7.23. The van der Waals surface area contributed by atoms with Crippen molar-refractivity contribution < 1.29 is 19.0 Å². The third kappa shape index (κ3) is 5.57. The van der Waals surface area contributed by atoms with E-state index in [1.807, 2.05) is 60.2 Å². The van der Waals surface area contributed by atoms with E-state index in [-0.39, 0.29) is 6.61 Å². The number of nitrogens with zero attached hydrogens (tertiary/aromatic N) is 5. The number of hydrogen-bond donors (Lipinski definition) is 0. The fraction of sp³-hybridized carbons (Fsp3) is 0.324. The molecule has 0 saturated carbocycles. The molecule has 1 aliphatic heterocycles. The van der Waals surface area contributed by atoms with Gasteiger partial charge in [0.15, 0.2) is 0 Å². The maximum Gasteiger partial charge on any atom is 0.354 e. The topological polar surface area (TPSA) is 85.3 Å². The number of halogens is 1. The van der Waals surface area contributed by atoms with E-state index in [0.29, 0.717) is 36.8 Å². The molecule has 0 saturated heterocycles. The summed E-state index contributed by atoms with van der Waals surface area (Å²) in [6, 6.07) is 18.7. The van der Waals surface area contributed by atoms with E-state index in [2.05, 4.69) is 36.4 Å². The quantitative estimate of drug-likeness (QED) is 0.177. The maximum atomic E-state index is 13.3. The van der Waals surface area contributed by atoms with Crippen molar-refractivity contribution >= 4 is 39.2 Å². The van der Waals surface area contributed by atoms with E-state index in [1.54, 1.807) is 0 Å². The number of hydrogen-bond acceptors (Lipinski definition) is 6. The summed E-state index contributed by atoms with van der Waals surface area (Å²) >= 11 is 7.01. The van der Waals surface area contributed by atoms with Crippen molar-refractivity contribution in [2.45, 2.75) is 45.8 Å². The Morgan fingerprint density at radius 3 is 2.57 bits per heavy atom. The standard InChI is InChI=1S/C37H38ClN5O4/c1-22-33-31(40-42(22)3)21-46-20-25-19-26(43(4)39-25)13-12-23-17-24-9-6-7-10-27(24)32(18-23)47-16-8-11-28-29-14-15-30(38)34(33)35(29)41(2)36(28)37(44)45-5/h6-7,9-10,14-15,17-19H,8,11-13,16,20-21H2,1-5H3. The minimum absolute atomic E-state index is 0.272. The van der Waals surface area contributed by atoms with Gasteiger partial charge >= 0.3 is 5.97 Å². The lowest BCUT2D eigenvalue weighted by atomic mass is 9.98. The van der Waals surface area contributed by atoms with Crippen molar-refractivity contribution in [1.29, 1.82) is 0 Å². The molecule has 0 amide bonds. The van der Waals surface area contributed by atoms with Crippen LogP contribution in [0.5, 0.6) is 5.75 Å². The van der Waals surface area contributed by atoms with Crippen LogP contribution in [-0.4, -0.2) is 43.8 Å². The number of fused-ring (bicyclic) bond motifs is 8. The molecule has 0 unspecified atom stereocenters. The number of carbonyl (C=O) groups is 1. The molecule has 3 aromatic carbocycles. The van der Waals surface area contributed by atoms with E-state index in [4.69, 9.17) is 36.0 Å². The molecule has 0 aliphatic carbocycles. The van der Waals surface area contributed by atoms with Crippen molar-refractivity contribution in [3.8, 4) is 16.9 Å². The number of benzene rings is 3. The van der Waals surface area contributed by atoms with Gasteiger partial charge in [0.2, 0.25) is 0 Å².